The van der Waals surface area contributed by atoms with Crippen molar-refractivity contribution in [2.45, 2.75) is 32.4 Å². The Bertz CT molecular complexity index is 1320. The minimum Gasteiger partial charge on any atom is -0.378 e. The van der Waals surface area contributed by atoms with Gasteiger partial charge in [-0.1, -0.05) is 62.4 Å². The number of halogens is 2. The Morgan fingerprint density at radius 1 is 0.821 bits per heavy atom. The lowest BCUT2D eigenvalue weighted by Gasteiger charge is -2.39. The standard InChI is InChI=1S/C32H37F2N3O2/c1-23(2)25-8-9-26(32(38)30(20-25)36-16-18-39-19-17-36)22-35-12-14-37(15-13-35)31(24-6-4-3-5-7-24)28-11-10-27(33)21-29(28)34/h3-11,20-21,23,31H,12-19,22H2,1-2H3. The second kappa shape index (κ2) is 12.4. The van der Waals surface area contributed by atoms with Crippen LogP contribution in [0.4, 0.5) is 14.5 Å². The van der Waals surface area contributed by atoms with Crippen molar-refractivity contribution in [3.63, 3.8) is 0 Å². The van der Waals surface area contributed by atoms with Crippen LogP contribution in [0.1, 0.15) is 48.1 Å². The summed E-state index contributed by atoms with van der Waals surface area (Å²) in [4.78, 5) is 20.4. The molecule has 3 aromatic rings. The highest BCUT2D eigenvalue weighted by molar-refractivity contribution is 5.50. The molecular weight excluding hydrogens is 496 g/mol. The predicted octanol–water partition coefficient (Wildman–Crippen LogP) is 5.19. The molecule has 2 aliphatic heterocycles. The Kier molecular flexibility index (Phi) is 8.70. The van der Waals surface area contributed by atoms with Crippen LogP contribution < -0.4 is 10.3 Å². The van der Waals surface area contributed by atoms with Crippen LogP contribution in [-0.2, 0) is 11.3 Å². The van der Waals surface area contributed by atoms with Crippen LogP contribution in [0.2, 0.25) is 0 Å². The molecule has 0 spiro atoms. The number of hydrogen-bond donors (Lipinski definition) is 0. The van der Waals surface area contributed by atoms with Crippen molar-refractivity contribution in [3.8, 4) is 0 Å². The number of nitrogens with zero attached hydrogens (tertiary/aromatic N) is 3. The third-order valence-corrected chi connectivity index (χ3v) is 7.86. The second-order valence-electron chi connectivity index (χ2n) is 10.8. The zero-order chi connectivity index (χ0) is 27.4. The van der Waals surface area contributed by atoms with Gasteiger partial charge in [0.05, 0.1) is 24.9 Å². The Morgan fingerprint density at radius 2 is 1.54 bits per heavy atom. The van der Waals surface area contributed by atoms with Crippen molar-refractivity contribution >= 4 is 5.69 Å². The normalized spacial score (nSPS) is 17.9. The van der Waals surface area contributed by atoms with Gasteiger partial charge in [-0.3, -0.25) is 14.6 Å². The fraction of sp³-hybridized carbons (Fsp3) is 0.406. The average Bonchev–Trinajstić information content (AvgIpc) is 3.11. The van der Waals surface area contributed by atoms with E-state index < -0.39 is 11.6 Å². The molecule has 0 saturated carbocycles. The third kappa shape index (κ3) is 6.38. The topological polar surface area (TPSA) is 36.0 Å². The van der Waals surface area contributed by atoms with E-state index in [0.717, 1.165) is 54.6 Å². The Labute approximate surface area is 229 Å². The van der Waals surface area contributed by atoms with Crippen molar-refractivity contribution in [3.05, 3.63) is 111 Å². The van der Waals surface area contributed by atoms with Crippen LogP contribution >= 0.6 is 0 Å². The zero-order valence-corrected chi connectivity index (χ0v) is 22.8. The Hall–Kier alpha value is -3.13. The molecule has 39 heavy (non-hydrogen) atoms. The van der Waals surface area contributed by atoms with Crippen LogP contribution in [0, 0.1) is 11.6 Å². The summed E-state index contributed by atoms with van der Waals surface area (Å²) in [7, 11) is 0. The summed E-state index contributed by atoms with van der Waals surface area (Å²) in [6.45, 7) is 10.5. The Morgan fingerprint density at radius 3 is 2.21 bits per heavy atom. The molecule has 0 radical (unpaired) electrons. The minimum absolute atomic E-state index is 0.0850. The first-order chi connectivity index (χ1) is 18.9. The molecule has 5 rings (SSSR count). The molecule has 0 N–H and O–H groups in total. The molecular formula is C32H37F2N3O2. The lowest BCUT2D eigenvalue weighted by molar-refractivity contribution is 0.103. The number of morpholine rings is 1. The van der Waals surface area contributed by atoms with E-state index in [9.17, 15) is 13.6 Å². The third-order valence-electron chi connectivity index (χ3n) is 7.86. The van der Waals surface area contributed by atoms with Crippen LogP contribution in [0.5, 0.6) is 0 Å². The van der Waals surface area contributed by atoms with Gasteiger partial charge in [0.25, 0.3) is 0 Å². The summed E-state index contributed by atoms with van der Waals surface area (Å²) in [5, 5.41) is 0. The number of hydrogen-bond acceptors (Lipinski definition) is 5. The van der Waals surface area contributed by atoms with E-state index in [1.807, 2.05) is 36.4 Å². The summed E-state index contributed by atoms with van der Waals surface area (Å²) in [5.74, 6) is -0.792. The number of benzene rings is 2. The van der Waals surface area contributed by atoms with Gasteiger partial charge in [0.1, 0.15) is 11.6 Å². The highest BCUT2D eigenvalue weighted by Crippen LogP contribution is 2.32. The molecule has 0 aromatic heterocycles. The van der Waals surface area contributed by atoms with Crippen LogP contribution in [0.3, 0.4) is 0 Å². The summed E-state index contributed by atoms with van der Waals surface area (Å²) in [5.41, 5.74) is 4.24. The second-order valence-corrected chi connectivity index (χ2v) is 10.8. The van der Waals surface area contributed by atoms with Gasteiger partial charge in [-0.2, -0.15) is 0 Å². The highest BCUT2D eigenvalue weighted by atomic mass is 19.1. The van der Waals surface area contributed by atoms with Crippen LogP contribution in [0.15, 0.2) is 71.5 Å². The van der Waals surface area contributed by atoms with E-state index >= 15 is 0 Å². The molecule has 2 fully saturated rings. The van der Waals surface area contributed by atoms with Crippen molar-refractivity contribution < 1.29 is 13.5 Å². The molecule has 1 unspecified atom stereocenters. The summed E-state index contributed by atoms with van der Waals surface area (Å²) < 4.78 is 34.2. The SMILES string of the molecule is CC(C)c1ccc(CN2CCN(C(c3ccccc3)c3ccc(F)cc3F)CC2)c(=O)c(N2CCOCC2)c1. The molecule has 0 bridgehead atoms. The maximum atomic E-state index is 14.9. The lowest BCUT2D eigenvalue weighted by atomic mass is 9.95. The molecule has 1 atom stereocenters. The zero-order valence-electron chi connectivity index (χ0n) is 22.8. The van der Waals surface area contributed by atoms with Gasteiger partial charge in [-0.25, -0.2) is 8.78 Å². The molecule has 5 nitrogen and oxygen atoms in total. The number of anilines is 1. The number of piperazine rings is 1. The fourth-order valence-corrected chi connectivity index (χ4v) is 5.60. The van der Waals surface area contributed by atoms with Gasteiger partial charge >= 0.3 is 0 Å². The quantitative estimate of drug-likeness (QED) is 0.418. The first kappa shape index (κ1) is 27.4. The molecule has 2 saturated heterocycles. The highest BCUT2D eigenvalue weighted by Gasteiger charge is 2.29. The molecule has 2 heterocycles. The number of rotatable bonds is 7. The van der Waals surface area contributed by atoms with E-state index in [0.29, 0.717) is 44.3 Å². The van der Waals surface area contributed by atoms with Crippen molar-refractivity contribution in [2.75, 3.05) is 57.4 Å². The molecule has 0 aliphatic carbocycles. The largest absolute Gasteiger partial charge is 0.378 e. The van der Waals surface area contributed by atoms with E-state index in [4.69, 9.17) is 4.74 Å². The van der Waals surface area contributed by atoms with Gasteiger partial charge in [-0.15, -0.1) is 0 Å². The monoisotopic (exact) mass is 533 g/mol. The fourth-order valence-electron chi connectivity index (χ4n) is 5.60. The number of ether oxygens (including phenoxy) is 1. The van der Waals surface area contributed by atoms with Gasteiger partial charge in [-0.05, 0) is 29.2 Å². The molecule has 2 aliphatic rings. The van der Waals surface area contributed by atoms with Crippen molar-refractivity contribution in [1.29, 1.82) is 0 Å². The van der Waals surface area contributed by atoms with E-state index in [-0.39, 0.29) is 11.5 Å². The van der Waals surface area contributed by atoms with Crippen LogP contribution in [-0.4, -0.2) is 62.3 Å². The van der Waals surface area contributed by atoms with Gasteiger partial charge < -0.3 is 9.64 Å². The molecule has 3 aromatic carbocycles. The van der Waals surface area contributed by atoms with E-state index in [2.05, 4.69) is 40.7 Å². The molecule has 206 valence electrons. The van der Waals surface area contributed by atoms with Crippen LogP contribution in [0.25, 0.3) is 0 Å². The first-order valence-electron chi connectivity index (χ1n) is 13.9. The summed E-state index contributed by atoms with van der Waals surface area (Å²) in [6.07, 6.45) is 0. The maximum absolute atomic E-state index is 14.9. The lowest BCUT2D eigenvalue weighted by Crippen LogP contribution is -2.48. The van der Waals surface area contributed by atoms with E-state index in [1.165, 1.54) is 6.07 Å². The summed E-state index contributed by atoms with van der Waals surface area (Å²) in [6, 6.07) is 19.5. The van der Waals surface area contributed by atoms with Crippen molar-refractivity contribution in [2.24, 2.45) is 0 Å². The van der Waals surface area contributed by atoms with Gasteiger partial charge in [0, 0.05) is 63.0 Å². The molecule has 0 amide bonds. The Balaban J connectivity index is 1.36. The summed E-state index contributed by atoms with van der Waals surface area (Å²) >= 11 is 0. The smallest absolute Gasteiger partial charge is 0.206 e. The first-order valence-corrected chi connectivity index (χ1v) is 13.9. The van der Waals surface area contributed by atoms with Crippen molar-refractivity contribution in [1.82, 2.24) is 9.80 Å². The average molecular weight is 534 g/mol. The molecule has 7 heteroatoms. The van der Waals surface area contributed by atoms with Gasteiger partial charge in [0.2, 0.25) is 5.43 Å². The maximum Gasteiger partial charge on any atom is 0.206 e. The van der Waals surface area contributed by atoms with E-state index in [1.54, 1.807) is 6.07 Å². The predicted molar refractivity (Wildman–Crippen MR) is 151 cm³/mol. The van der Waals surface area contributed by atoms with Gasteiger partial charge in [0.15, 0.2) is 0 Å². The minimum atomic E-state index is -0.575.